The summed E-state index contributed by atoms with van der Waals surface area (Å²) in [6, 6.07) is 16.2. The van der Waals surface area contributed by atoms with Crippen LogP contribution in [-0.2, 0) is 17.9 Å². The largest absolute Gasteiger partial charge is 0.365 e. The first-order valence-corrected chi connectivity index (χ1v) is 9.00. The number of hydrogen-bond donors (Lipinski definition) is 0. The van der Waals surface area contributed by atoms with Gasteiger partial charge in [-0.1, -0.05) is 35.0 Å². The molecule has 0 saturated carbocycles. The minimum absolute atomic E-state index is 0.0432. The molecule has 0 bridgehead atoms. The van der Waals surface area contributed by atoms with Crippen LogP contribution in [0, 0.1) is 12.7 Å². The Morgan fingerprint density at radius 2 is 1.86 bits per heavy atom. The molecule has 0 fully saturated rings. The minimum Gasteiger partial charge on any atom is -0.365 e. The first-order valence-electron chi connectivity index (χ1n) is 9.00. The van der Waals surface area contributed by atoms with Crippen LogP contribution in [0.3, 0.4) is 0 Å². The van der Waals surface area contributed by atoms with E-state index in [0.29, 0.717) is 36.1 Å². The molecule has 1 aliphatic heterocycles. The van der Waals surface area contributed by atoms with E-state index in [0.717, 1.165) is 11.3 Å². The molecular formula is C21H17FN4O2. The highest BCUT2D eigenvalue weighted by Gasteiger charge is 2.24. The number of benzene rings is 2. The van der Waals surface area contributed by atoms with E-state index in [4.69, 9.17) is 9.26 Å². The molecule has 0 radical (unpaired) electrons. The Kier molecular flexibility index (Phi) is 4.02. The molecule has 4 aromatic rings. The van der Waals surface area contributed by atoms with Gasteiger partial charge in [0, 0.05) is 5.56 Å². The standard InChI is InChI=1S/C21H17FN4O2/c1-13-2-4-14(5-3-13)19-11-26-17(12-27-19)10-18(24-26)21-23-20(25-28-21)15-6-8-16(22)9-7-15/h2-10,19H,11-12H2,1H3/t19-/m0/s1. The van der Waals surface area contributed by atoms with Crippen molar-refractivity contribution in [1.29, 1.82) is 0 Å². The van der Waals surface area contributed by atoms with E-state index in [1.807, 2.05) is 10.7 Å². The van der Waals surface area contributed by atoms with Crippen LogP contribution >= 0.6 is 0 Å². The fourth-order valence-corrected chi connectivity index (χ4v) is 3.26. The predicted octanol–water partition coefficient (Wildman–Crippen LogP) is 4.32. The van der Waals surface area contributed by atoms with Crippen molar-refractivity contribution >= 4 is 0 Å². The summed E-state index contributed by atoms with van der Waals surface area (Å²) < 4.78 is 26.4. The Labute approximate surface area is 160 Å². The number of hydrogen-bond acceptors (Lipinski definition) is 5. The summed E-state index contributed by atoms with van der Waals surface area (Å²) in [6.45, 7) is 3.15. The predicted molar refractivity (Wildman–Crippen MR) is 99.6 cm³/mol. The number of rotatable bonds is 3. The van der Waals surface area contributed by atoms with Crippen molar-refractivity contribution in [2.24, 2.45) is 0 Å². The lowest BCUT2D eigenvalue weighted by Crippen LogP contribution is -2.21. The first-order chi connectivity index (χ1) is 13.7. The molecule has 0 spiro atoms. The molecule has 140 valence electrons. The molecule has 3 heterocycles. The third-order valence-corrected chi connectivity index (χ3v) is 4.83. The summed E-state index contributed by atoms with van der Waals surface area (Å²) in [4.78, 5) is 4.39. The summed E-state index contributed by atoms with van der Waals surface area (Å²) in [7, 11) is 0. The molecular weight excluding hydrogens is 359 g/mol. The smallest absolute Gasteiger partial charge is 0.278 e. The van der Waals surface area contributed by atoms with Crippen LogP contribution in [0.1, 0.15) is 22.9 Å². The highest BCUT2D eigenvalue weighted by atomic mass is 19.1. The van der Waals surface area contributed by atoms with Crippen molar-refractivity contribution < 1.29 is 13.7 Å². The van der Waals surface area contributed by atoms with Gasteiger partial charge in [-0.3, -0.25) is 4.68 Å². The molecule has 0 N–H and O–H groups in total. The van der Waals surface area contributed by atoms with Gasteiger partial charge >= 0.3 is 0 Å². The Balaban J connectivity index is 1.39. The average molecular weight is 376 g/mol. The van der Waals surface area contributed by atoms with E-state index in [1.165, 1.54) is 17.7 Å². The molecule has 0 amide bonds. The SMILES string of the molecule is Cc1ccc([C@@H]2Cn3nc(-c4nc(-c5ccc(F)cc5)no4)cc3CO2)cc1. The number of nitrogens with zero attached hydrogens (tertiary/aromatic N) is 4. The van der Waals surface area contributed by atoms with Gasteiger partial charge in [0.1, 0.15) is 11.9 Å². The lowest BCUT2D eigenvalue weighted by molar-refractivity contribution is -0.00113. The summed E-state index contributed by atoms with van der Waals surface area (Å²) in [5.74, 6) is 0.417. The normalized spacial score (nSPS) is 16.1. The summed E-state index contributed by atoms with van der Waals surface area (Å²) in [6.07, 6.45) is -0.0432. The van der Waals surface area contributed by atoms with Gasteiger partial charge in [-0.15, -0.1) is 0 Å². The van der Waals surface area contributed by atoms with Crippen LogP contribution in [0.25, 0.3) is 23.0 Å². The van der Waals surface area contributed by atoms with Crippen molar-refractivity contribution in [2.75, 3.05) is 0 Å². The highest BCUT2D eigenvalue weighted by molar-refractivity contribution is 5.57. The van der Waals surface area contributed by atoms with Crippen LogP contribution in [0.4, 0.5) is 4.39 Å². The quantitative estimate of drug-likeness (QED) is 0.533. The van der Waals surface area contributed by atoms with Crippen molar-refractivity contribution in [3.63, 3.8) is 0 Å². The van der Waals surface area contributed by atoms with Gasteiger partial charge in [0.25, 0.3) is 5.89 Å². The van der Waals surface area contributed by atoms with E-state index >= 15 is 0 Å². The van der Waals surface area contributed by atoms with Gasteiger partial charge in [0.05, 0.1) is 18.8 Å². The minimum atomic E-state index is -0.308. The Morgan fingerprint density at radius 1 is 1.07 bits per heavy atom. The van der Waals surface area contributed by atoms with Gasteiger partial charge in [0.15, 0.2) is 5.69 Å². The van der Waals surface area contributed by atoms with Gasteiger partial charge in [-0.05, 0) is 42.8 Å². The van der Waals surface area contributed by atoms with Crippen LogP contribution in [-0.4, -0.2) is 19.9 Å². The first kappa shape index (κ1) is 16.8. The molecule has 1 atom stereocenters. The molecule has 28 heavy (non-hydrogen) atoms. The zero-order valence-electron chi connectivity index (χ0n) is 15.2. The van der Waals surface area contributed by atoms with Crippen molar-refractivity contribution in [2.45, 2.75) is 26.2 Å². The number of fused-ring (bicyclic) bond motifs is 1. The molecule has 0 saturated heterocycles. The number of aryl methyl sites for hydroxylation is 1. The maximum absolute atomic E-state index is 13.1. The topological polar surface area (TPSA) is 66.0 Å². The third kappa shape index (κ3) is 3.10. The van der Waals surface area contributed by atoms with Crippen LogP contribution in [0.2, 0.25) is 0 Å². The Hall–Kier alpha value is -3.32. The summed E-state index contributed by atoms with van der Waals surface area (Å²) >= 11 is 0. The van der Waals surface area contributed by atoms with E-state index < -0.39 is 0 Å². The maximum Gasteiger partial charge on any atom is 0.278 e. The average Bonchev–Trinajstić information content (AvgIpc) is 3.35. The second kappa shape index (κ2) is 6.69. The summed E-state index contributed by atoms with van der Waals surface area (Å²) in [5, 5.41) is 8.60. The maximum atomic E-state index is 13.1. The van der Waals surface area contributed by atoms with Gasteiger partial charge in [-0.2, -0.15) is 10.1 Å². The number of ether oxygens (including phenoxy) is 1. The van der Waals surface area contributed by atoms with E-state index in [1.54, 1.807) is 12.1 Å². The summed E-state index contributed by atoms with van der Waals surface area (Å²) in [5.41, 5.74) is 4.59. The van der Waals surface area contributed by atoms with E-state index in [-0.39, 0.29) is 11.9 Å². The van der Waals surface area contributed by atoms with Crippen LogP contribution in [0.5, 0.6) is 0 Å². The fraction of sp³-hybridized carbons (Fsp3) is 0.190. The van der Waals surface area contributed by atoms with Crippen LogP contribution < -0.4 is 0 Å². The molecule has 7 heteroatoms. The van der Waals surface area contributed by atoms with E-state index in [9.17, 15) is 4.39 Å². The lowest BCUT2D eigenvalue weighted by Gasteiger charge is -2.24. The van der Waals surface area contributed by atoms with E-state index in [2.05, 4.69) is 46.4 Å². The lowest BCUT2D eigenvalue weighted by atomic mass is 10.1. The van der Waals surface area contributed by atoms with Crippen molar-refractivity contribution in [3.05, 3.63) is 77.2 Å². The molecule has 2 aromatic carbocycles. The molecule has 1 aliphatic rings. The Bertz CT molecular complexity index is 1120. The second-order valence-electron chi connectivity index (χ2n) is 6.84. The highest BCUT2D eigenvalue weighted by Crippen LogP contribution is 2.29. The van der Waals surface area contributed by atoms with Crippen molar-refractivity contribution in [3.8, 4) is 23.0 Å². The third-order valence-electron chi connectivity index (χ3n) is 4.83. The zero-order chi connectivity index (χ0) is 19.1. The van der Waals surface area contributed by atoms with Crippen molar-refractivity contribution in [1.82, 2.24) is 19.9 Å². The Morgan fingerprint density at radius 3 is 2.64 bits per heavy atom. The molecule has 5 rings (SSSR count). The molecule has 0 unspecified atom stereocenters. The molecule has 2 aromatic heterocycles. The molecule has 0 aliphatic carbocycles. The van der Waals surface area contributed by atoms with Crippen LogP contribution in [0.15, 0.2) is 59.1 Å². The monoisotopic (exact) mass is 376 g/mol. The van der Waals surface area contributed by atoms with Gasteiger partial charge in [0.2, 0.25) is 5.82 Å². The second-order valence-corrected chi connectivity index (χ2v) is 6.84. The fourth-order valence-electron chi connectivity index (χ4n) is 3.26. The van der Waals surface area contributed by atoms with Gasteiger partial charge in [-0.25, -0.2) is 4.39 Å². The zero-order valence-corrected chi connectivity index (χ0v) is 15.2. The number of aromatic nitrogens is 4. The van der Waals surface area contributed by atoms with Gasteiger partial charge < -0.3 is 9.26 Å². The number of halogens is 1. The molecule has 6 nitrogen and oxygen atoms in total.